The summed E-state index contributed by atoms with van der Waals surface area (Å²) in [6.45, 7) is 4.61. The zero-order valence-corrected chi connectivity index (χ0v) is 10.6. The molecule has 0 aromatic heterocycles. The monoisotopic (exact) mass is 241 g/mol. The first-order valence-corrected chi connectivity index (χ1v) is 6.25. The van der Waals surface area contributed by atoms with Gasteiger partial charge in [-0.3, -0.25) is 15.2 Å². The number of rotatable bonds is 6. The summed E-state index contributed by atoms with van der Waals surface area (Å²) >= 11 is 0. The fourth-order valence-corrected chi connectivity index (χ4v) is 1.31. The van der Waals surface area contributed by atoms with E-state index in [9.17, 15) is 4.79 Å². The molecule has 0 aliphatic heterocycles. The van der Waals surface area contributed by atoms with Crippen LogP contribution >= 0.6 is 0 Å². The molecule has 0 aromatic carbocycles. The summed E-state index contributed by atoms with van der Waals surface area (Å²) in [6, 6.07) is 0.0464. The lowest BCUT2D eigenvalue weighted by Gasteiger charge is -2.16. The molecule has 0 spiro atoms. The maximum Gasteiger partial charge on any atom is 0.242 e. The summed E-state index contributed by atoms with van der Waals surface area (Å²) in [4.78, 5) is 15.9. The zero-order valence-electron chi connectivity index (χ0n) is 10.6. The van der Waals surface area contributed by atoms with Crippen LogP contribution in [0.1, 0.15) is 39.5 Å². The highest BCUT2D eigenvalue weighted by molar-refractivity contribution is 5.88. The number of nitrogens with one attached hydrogen (secondary N) is 3. The minimum absolute atomic E-state index is 0.00839. The van der Waals surface area contributed by atoms with Crippen molar-refractivity contribution in [3.05, 3.63) is 0 Å². The van der Waals surface area contributed by atoms with Crippen LogP contribution in [0, 0.1) is 0 Å². The van der Waals surface area contributed by atoms with Crippen LogP contribution in [0.4, 0.5) is 0 Å². The van der Waals surface area contributed by atoms with Gasteiger partial charge in [-0.25, -0.2) is 5.84 Å². The summed E-state index contributed by atoms with van der Waals surface area (Å²) in [7, 11) is 0. The van der Waals surface area contributed by atoms with E-state index in [4.69, 9.17) is 5.84 Å². The van der Waals surface area contributed by atoms with Crippen LogP contribution in [0.25, 0.3) is 0 Å². The molecule has 1 unspecified atom stereocenters. The van der Waals surface area contributed by atoms with E-state index in [0.717, 1.165) is 25.7 Å². The Morgan fingerprint density at radius 1 is 1.53 bits per heavy atom. The Hall–Kier alpha value is -1.30. The van der Waals surface area contributed by atoms with Gasteiger partial charge in [-0.15, -0.1) is 0 Å². The first-order chi connectivity index (χ1) is 8.17. The third-order valence-electron chi connectivity index (χ3n) is 2.59. The van der Waals surface area contributed by atoms with Crippen LogP contribution in [0.3, 0.4) is 0 Å². The molecule has 98 valence electrons. The van der Waals surface area contributed by atoms with Gasteiger partial charge in [0.05, 0.1) is 0 Å². The van der Waals surface area contributed by atoms with Crippen LogP contribution in [0.15, 0.2) is 4.99 Å². The minimum Gasteiger partial charge on any atom is -0.352 e. The van der Waals surface area contributed by atoms with Gasteiger partial charge in [0.15, 0.2) is 0 Å². The van der Waals surface area contributed by atoms with Crippen molar-refractivity contribution >= 4 is 11.9 Å². The number of amides is 1. The number of hydrazine groups is 1. The Balaban J connectivity index is 2.31. The number of carbonyl (C=O) groups excluding carboxylic acids is 1. The smallest absolute Gasteiger partial charge is 0.242 e. The second kappa shape index (κ2) is 7.11. The molecule has 1 aliphatic rings. The van der Waals surface area contributed by atoms with Crippen molar-refractivity contribution in [2.24, 2.45) is 10.8 Å². The topological polar surface area (TPSA) is 91.5 Å². The van der Waals surface area contributed by atoms with Gasteiger partial charge in [0.25, 0.3) is 0 Å². The molecule has 1 rings (SSSR count). The maximum atomic E-state index is 11.7. The standard InChI is InChI=1S/C11H23N5O/c1-3-4-7-13-11(16-12)14-8(2)10(17)15-9-5-6-9/h8-9H,3-7,12H2,1-2H3,(H,15,17)(H2,13,14,16). The molecule has 17 heavy (non-hydrogen) atoms. The fourth-order valence-electron chi connectivity index (χ4n) is 1.31. The molecule has 1 saturated carbocycles. The van der Waals surface area contributed by atoms with E-state index < -0.39 is 0 Å². The van der Waals surface area contributed by atoms with Crippen molar-refractivity contribution in [3.63, 3.8) is 0 Å². The molecule has 1 fully saturated rings. The van der Waals surface area contributed by atoms with Crippen molar-refractivity contribution in [2.45, 2.75) is 51.6 Å². The van der Waals surface area contributed by atoms with Crippen molar-refractivity contribution in [2.75, 3.05) is 6.54 Å². The van der Waals surface area contributed by atoms with Crippen LogP contribution in [0.2, 0.25) is 0 Å². The lowest BCUT2D eigenvalue weighted by molar-refractivity contribution is -0.122. The van der Waals surface area contributed by atoms with E-state index in [1.807, 2.05) is 0 Å². The molecule has 6 nitrogen and oxygen atoms in total. The quantitative estimate of drug-likeness (QED) is 0.171. The molecule has 0 aromatic rings. The van der Waals surface area contributed by atoms with Crippen molar-refractivity contribution in [1.82, 2.24) is 16.1 Å². The molecule has 0 saturated heterocycles. The Morgan fingerprint density at radius 3 is 2.76 bits per heavy atom. The summed E-state index contributed by atoms with van der Waals surface area (Å²) in [5, 5.41) is 5.89. The molecule has 1 amide bonds. The Bertz CT molecular complexity index is 275. The van der Waals surface area contributed by atoms with E-state index in [2.05, 4.69) is 28.0 Å². The van der Waals surface area contributed by atoms with Gasteiger partial charge in [-0.1, -0.05) is 13.3 Å². The minimum atomic E-state index is -0.327. The number of guanidine groups is 1. The molecule has 0 radical (unpaired) electrons. The summed E-state index contributed by atoms with van der Waals surface area (Å²) < 4.78 is 0. The van der Waals surface area contributed by atoms with Crippen LogP contribution in [0.5, 0.6) is 0 Å². The first kappa shape index (κ1) is 13.8. The fraction of sp³-hybridized carbons (Fsp3) is 0.818. The van der Waals surface area contributed by atoms with Gasteiger partial charge in [0.2, 0.25) is 11.9 Å². The molecule has 0 bridgehead atoms. The molecular weight excluding hydrogens is 218 g/mol. The van der Waals surface area contributed by atoms with Gasteiger partial charge in [0.1, 0.15) is 6.04 Å². The summed E-state index contributed by atoms with van der Waals surface area (Å²) in [5.74, 6) is 5.80. The predicted molar refractivity (Wildman–Crippen MR) is 68.3 cm³/mol. The highest BCUT2D eigenvalue weighted by atomic mass is 16.2. The molecule has 1 atom stereocenters. The van der Waals surface area contributed by atoms with Crippen LogP contribution in [-0.4, -0.2) is 30.5 Å². The number of aliphatic imine (C=N–C) groups is 1. The molecule has 5 N–H and O–H groups in total. The number of nitrogens with two attached hydrogens (primary N) is 1. The second-order valence-corrected chi connectivity index (χ2v) is 4.38. The largest absolute Gasteiger partial charge is 0.352 e. The average molecular weight is 241 g/mol. The van der Waals surface area contributed by atoms with E-state index in [-0.39, 0.29) is 11.9 Å². The van der Waals surface area contributed by atoms with Crippen LogP contribution < -0.4 is 21.9 Å². The molecule has 0 heterocycles. The van der Waals surface area contributed by atoms with E-state index in [1.54, 1.807) is 6.92 Å². The van der Waals surface area contributed by atoms with Gasteiger partial charge in [-0.05, 0) is 26.2 Å². The third kappa shape index (κ3) is 5.53. The number of unbranched alkanes of at least 4 members (excludes halogenated alkanes) is 1. The zero-order chi connectivity index (χ0) is 12.7. The number of hydrogen-bond acceptors (Lipinski definition) is 3. The molecule has 6 heteroatoms. The molecule has 1 aliphatic carbocycles. The van der Waals surface area contributed by atoms with E-state index >= 15 is 0 Å². The predicted octanol–water partition coefficient (Wildman–Crippen LogP) is -0.137. The molecular formula is C11H23N5O. The highest BCUT2D eigenvalue weighted by Crippen LogP contribution is 2.18. The normalized spacial score (nSPS) is 17.5. The summed E-state index contributed by atoms with van der Waals surface area (Å²) in [5.41, 5.74) is 2.47. The van der Waals surface area contributed by atoms with E-state index in [1.165, 1.54) is 0 Å². The number of hydrogen-bond donors (Lipinski definition) is 4. The average Bonchev–Trinajstić information content (AvgIpc) is 3.11. The van der Waals surface area contributed by atoms with Crippen molar-refractivity contribution in [3.8, 4) is 0 Å². The van der Waals surface area contributed by atoms with Gasteiger partial charge in [-0.2, -0.15) is 0 Å². The lowest BCUT2D eigenvalue weighted by atomic mass is 10.3. The van der Waals surface area contributed by atoms with Crippen LogP contribution in [-0.2, 0) is 4.79 Å². The van der Waals surface area contributed by atoms with E-state index in [0.29, 0.717) is 18.5 Å². The third-order valence-corrected chi connectivity index (χ3v) is 2.59. The Labute approximate surface area is 102 Å². The van der Waals surface area contributed by atoms with Gasteiger partial charge < -0.3 is 10.6 Å². The lowest BCUT2D eigenvalue weighted by Crippen LogP contribution is -2.51. The summed E-state index contributed by atoms with van der Waals surface area (Å²) in [6.07, 6.45) is 4.27. The Kier molecular flexibility index (Phi) is 5.76. The first-order valence-electron chi connectivity index (χ1n) is 6.25. The van der Waals surface area contributed by atoms with Crippen molar-refractivity contribution < 1.29 is 4.79 Å². The van der Waals surface area contributed by atoms with Gasteiger partial charge in [0, 0.05) is 12.6 Å². The highest BCUT2D eigenvalue weighted by Gasteiger charge is 2.25. The SMILES string of the molecule is CCCCN=C(NN)NC(C)C(=O)NC1CC1. The van der Waals surface area contributed by atoms with Crippen molar-refractivity contribution in [1.29, 1.82) is 0 Å². The number of nitrogens with zero attached hydrogens (tertiary/aromatic N) is 1. The second-order valence-electron chi connectivity index (χ2n) is 4.38. The number of carbonyl (C=O) groups is 1. The maximum absolute atomic E-state index is 11.7. The Morgan fingerprint density at radius 2 is 2.24 bits per heavy atom. The van der Waals surface area contributed by atoms with Gasteiger partial charge >= 0.3 is 0 Å².